The Morgan fingerprint density at radius 2 is 1.38 bits per heavy atom. The van der Waals surface area contributed by atoms with Gasteiger partial charge in [-0.25, -0.2) is 14.2 Å². The van der Waals surface area contributed by atoms with E-state index in [-0.39, 0.29) is 25.6 Å². The van der Waals surface area contributed by atoms with E-state index in [2.05, 4.69) is 17.6 Å². The lowest BCUT2D eigenvalue weighted by molar-refractivity contribution is -0.679. The lowest BCUT2D eigenvalue weighted by atomic mass is 10.0. The van der Waals surface area contributed by atoms with Gasteiger partial charge in [0, 0.05) is 39.3 Å². The maximum atomic E-state index is 12.7. The number of carbonyl (C=O) groups is 3. The van der Waals surface area contributed by atoms with Gasteiger partial charge >= 0.3 is 12.1 Å². The van der Waals surface area contributed by atoms with Gasteiger partial charge in [-0.15, -0.1) is 0 Å². The van der Waals surface area contributed by atoms with Crippen molar-refractivity contribution in [3.8, 4) is 0 Å². The first-order valence-electron chi connectivity index (χ1n) is 16.3. The van der Waals surface area contributed by atoms with Crippen LogP contribution in [-0.4, -0.2) is 55.8 Å². The van der Waals surface area contributed by atoms with Crippen molar-refractivity contribution in [1.82, 2.24) is 15.5 Å². The van der Waals surface area contributed by atoms with Crippen molar-refractivity contribution in [2.75, 3.05) is 26.8 Å². The zero-order valence-electron chi connectivity index (χ0n) is 27.0. The largest absolute Gasteiger partial charge is 0.447 e. The number of hydrogen-bond donors (Lipinski definition) is 2. The number of urea groups is 1. The molecule has 1 rings (SSSR count). The second-order valence-electron chi connectivity index (χ2n) is 11.3. The number of ether oxygens (including phenoxy) is 2. The van der Waals surface area contributed by atoms with Gasteiger partial charge in [-0.05, 0) is 6.42 Å². The van der Waals surface area contributed by atoms with E-state index < -0.39 is 18.2 Å². The summed E-state index contributed by atoms with van der Waals surface area (Å²) < 4.78 is 12.5. The first-order valence-corrected chi connectivity index (χ1v) is 16.3. The summed E-state index contributed by atoms with van der Waals surface area (Å²) in [7, 11) is 3.34. The fraction of sp³-hybridized carbons (Fsp3) is 0.758. The third-order valence-corrected chi connectivity index (χ3v) is 7.62. The highest BCUT2D eigenvalue weighted by Crippen LogP contribution is 2.13. The average Bonchev–Trinajstić information content (AvgIpc) is 2.98. The van der Waals surface area contributed by atoms with Crippen LogP contribution in [0.5, 0.6) is 0 Å². The topological polar surface area (TPSA) is 101 Å². The molecule has 1 aromatic rings. The Hall–Kier alpha value is -2.68. The second-order valence-corrected chi connectivity index (χ2v) is 11.3. The van der Waals surface area contributed by atoms with Crippen LogP contribution in [0.3, 0.4) is 0 Å². The number of aryl methyl sites for hydroxylation is 1. The number of alkyl carbamates (subject to hydrolysis) is 1. The van der Waals surface area contributed by atoms with Crippen LogP contribution in [0.25, 0.3) is 0 Å². The van der Waals surface area contributed by atoms with Crippen LogP contribution in [0.2, 0.25) is 0 Å². The zero-order chi connectivity index (χ0) is 30.8. The summed E-state index contributed by atoms with van der Waals surface area (Å²) in [5.41, 5.74) is 0.815. The van der Waals surface area contributed by atoms with Crippen LogP contribution in [0.4, 0.5) is 9.59 Å². The molecule has 0 bridgehead atoms. The summed E-state index contributed by atoms with van der Waals surface area (Å²) in [6, 6.07) is 5.06. The molecule has 0 spiro atoms. The molecular formula is C33H59N4O5+. The molecule has 1 atom stereocenters. The number of aromatic nitrogens is 1. The van der Waals surface area contributed by atoms with Crippen molar-refractivity contribution >= 4 is 18.0 Å². The zero-order valence-corrected chi connectivity index (χ0v) is 27.0. The van der Waals surface area contributed by atoms with E-state index in [9.17, 15) is 14.4 Å². The molecule has 4 amide bonds. The smallest absolute Gasteiger partial charge is 0.407 e. The number of nitrogens with one attached hydrogen (secondary N) is 2. The number of methoxy groups -OCH3 is 1. The molecule has 42 heavy (non-hydrogen) atoms. The standard InChI is InChI=1S/C33H58N4O5/c1-5-6-7-8-9-10-11-12-13-14-15-16-17-18-19-21-24-34-33(40)42-28-31(41-4)26-35-32(39)37(29(2)38)27-30-23-20-22-25-36(30)3/h20,22-23,25,31H,5-19,21,24,26-28H2,1-4H3,(H-,34,35,39,40)/p+1. The molecule has 1 unspecified atom stereocenters. The molecule has 0 fully saturated rings. The van der Waals surface area contributed by atoms with Gasteiger partial charge in [0.15, 0.2) is 6.20 Å². The first kappa shape index (κ1) is 37.3. The number of hydrogen-bond acceptors (Lipinski definition) is 5. The second kappa shape index (κ2) is 24.9. The molecule has 0 aromatic carbocycles. The molecule has 0 aliphatic carbocycles. The molecule has 9 nitrogen and oxygen atoms in total. The summed E-state index contributed by atoms with van der Waals surface area (Å²) in [6.45, 7) is 4.45. The molecular weight excluding hydrogens is 532 g/mol. The number of nitrogens with zero attached hydrogens (tertiary/aromatic N) is 2. The van der Waals surface area contributed by atoms with Gasteiger partial charge in [0.1, 0.15) is 26.3 Å². The summed E-state index contributed by atoms with van der Waals surface area (Å²) in [6.07, 6.45) is 21.8. The molecule has 1 heterocycles. The molecule has 0 radical (unpaired) electrons. The Labute approximate surface area is 255 Å². The maximum Gasteiger partial charge on any atom is 0.407 e. The van der Waals surface area contributed by atoms with Gasteiger partial charge < -0.3 is 20.1 Å². The fourth-order valence-corrected chi connectivity index (χ4v) is 4.80. The maximum absolute atomic E-state index is 12.7. The molecule has 0 saturated carbocycles. The average molecular weight is 592 g/mol. The van der Waals surface area contributed by atoms with Crippen molar-refractivity contribution < 1.29 is 28.4 Å². The van der Waals surface area contributed by atoms with E-state index in [0.717, 1.165) is 23.4 Å². The van der Waals surface area contributed by atoms with E-state index >= 15 is 0 Å². The number of pyridine rings is 1. The van der Waals surface area contributed by atoms with Gasteiger partial charge in [-0.3, -0.25) is 9.69 Å². The Morgan fingerprint density at radius 1 is 0.833 bits per heavy atom. The molecule has 9 heteroatoms. The van der Waals surface area contributed by atoms with Crippen LogP contribution in [0, 0.1) is 0 Å². The van der Waals surface area contributed by atoms with E-state index in [1.165, 1.54) is 104 Å². The van der Waals surface area contributed by atoms with Gasteiger partial charge in [-0.2, -0.15) is 0 Å². The van der Waals surface area contributed by atoms with Crippen molar-refractivity contribution in [2.24, 2.45) is 7.05 Å². The van der Waals surface area contributed by atoms with Crippen molar-refractivity contribution in [3.63, 3.8) is 0 Å². The highest BCUT2D eigenvalue weighted by molar-refractivity contribution is 5.93. The molecule has 2 N–H and O–H groups in total. The quantitative estimate of drug-likeness (QED) is 0.105. The number of carbonyl (C=O) groups excluding carboxylic acids is 3. The minimum atomic E-state index is -0.531. The fourth-order valence-electron chi connectivity index (χ4n) is 4.80. The highest BCUT2D eigenvalue weighted by atomic mass is 16.6. The minimum Gasteiger partial charge on any atom is -0.447 e. The van der Waals surface area contributed by atoms with Crippen molar-refractivity contribution in [2.45, 2.75) is 129 Å². The van der Waals surface area contributed by atoms with Gasteiger partial charge in [0.25, 0.3) is 0 Å². The lowest BCUT2D eigenvalue weighted by Gasteiger charge is -2.21. The SMILES string of the molecule is CCCCCCCCCCCCCCCCCCNC(=O)OCC(CNC(=O)N(Cc1cccc[n+]1C)C(C)=O)OC. The van der Waals surface area contributed by atoms with Crippen LogP contribution in [-0.2, 0) is 27.9 Å². The number of imide groups is 1. The minimum absolute atomic E-state index is 0.00467. The Bertz CT molecular complexity index is 867. The van der Waals surface area contributed by atoms with Crippen molar-refractivity contribution in [1.29, 1.82) is 0 Å². The first-order chi connectivity index (χ1) is 20.4. The molecule has 0 aliphatic rings. The summed E-state index contributed by atoms with van der Waals surface area (Å²) >= 11 is 0. The number of rotatable bonds is 24. The monoisotopic (exact) mass is 591 g/mol. The van der Waals surface area contributed by atoms with E-state index in [1.807, 2.05) is 36.0 Å². The van der Waals surface area contributed by atoms with E-state index in [4.69, 9.17) is 9.47 Å². The Kier molecular flexibility index (Phi) is 22.1. The normalized spacial score (nSPS) is 11.6. The van der Waals surface area contributed by atoms with Gasteiger partial charge in [0.05, 0.1) is 0 Å². The van der Waals surface area contributed by atoms with Crippen LogP contribution in [0.1, 0.15) is 122 Å². The molecule has 0 saturated heterocycles. The van der Waals surface area contributed by atoms with Crippen LogP contribution < -0.4 is 15.2 Å². The Balaban J connectivity index is 2.05. The third kappa shape index (κ3) is 18.7. The van der Waals surface area contributed by atoms with E-state index in [0.29, 0.717) is 6.54 Å². The van der Waals surface area contributed by atoms with Crippen molar-refractivity contribution in [3.05, 3.63) is 30.1 Å². The summed E-state index contributed by atoms with van der Waals surface area (Å²) in [5, 5.41) is 5.49. The molecule has 1 aromatic heterocycles. The summed E-state index contributed by atoms with van der Waals surface area (Å²) in [5.74, 6) is -0.366. The third-order valence-electron chi connectivity index (χ3n) is 7.62. The Morgan fingerprint density at radius 3 is 1.88 bits per heavy atom. The summed E-state index contributed by atoms with van der Waals surface area (Å²) in [4.78, 5) is 37.9. The van der Waals surface area contributed by atoms with Crippen LogP contribution in [0.15, 0.2) is 24.4 Å². The predicted molar refractivity (Wildman–Crippen MR) is 167 cm³/mol. The molecule has 0 aliphatic heterocycles. The predicted octanol–water partition coefficient (Wildman–Crippen LogP) is 6.57. The highest BCUT2D eigenvalue weighted by Gasteiger charge is 2.23. The van der Waals surface area contributed by atoms with Gasteiger partial charge in [0.2, 0.25) is 11.6 Å². The van der Waals surface area contributed by atoms with Gasteiger partial charge in [-0.1, -0.05) is 109 Å². The number of amides is 4. The number of unbranched alkanes of at least 4 members (excludes halogenated alkanes) is 15. The molecule has 240 valence electrons. The van der Waals surface area contributed by atoms with Crippen LogP contribution >= 0.6 is 0 Å². The lowest BCUT2D eigenvalue weighted by Crippen LogP contribution is -2.48. The van der Waals surface area contributed by atoms with E-state index in [1.54, 1.807) is 0 Å².